The van der Waals surface area contributed by atoms with E-state index < -0.39 is 0 Å². The van der Waals surface area contributed by atoms with Crippen molar-refractivity contribution in [3.05, 3.63) is 18.7 Å². The van der Waals surface area contributed by atoms with Crippen molar-refractivity contribution >= 4 is 0 Å². The van der Waals surface area contributed by atoms with Crippen molar-refractivity contribution in [2.24, 2.45) is 0 Å². The molecule has 1 heterocycles. The average molecular weight is 209 g/mol. The molecule has 0 aliphatic rings. The summed E-state index contributed by atoms with van der Waals surface area (Å²) >= 11 is 0. The van der Waals surface area contributed by atoms with E-state index in [0.717, 1.165) is 13.0 Å². The highest BCUT2D eigenvalue weighted by Crippen LogP contribution is 2.19. The van der Waals surface area contributed by atoms with E-state index in [0.29, 0.717) is 12.1 Å². The first-order valence-electron chi connectivity index (χ1n) is 6.04. The normalized spacial score (nSPS) is 15.1. The number of likely N-dealkylation sites (N-methyl/N-ethyl adjacent to an activating group) is 1. The highest BCUT2D eigenvalue weighted by Gasteiger charge is 2.19. The lowest BCUT2D eigenvalue weighted by Crippen LogP contribution is -2.36. The maximum atomic E-state index is 4.13. The molecule has 0 saturated carbocycles. The lowest BCUT2D eigenvalue weighted by atomic mass is 10.0. The molecule has 1 N–H and O–H groups in total. The minimum Gasteiger partial charge on any atom is -0.333 e. The molecule has 0 bridgehead atoms. The molecule has 2 atom stereocenters. The van der Waals surface area contributed by atoms with Crippen LogP contribution in [0.15, 0.2) is 18.7 Å². The third-order valence-electron chi connectivity index (χ3n) is 2.86. The van der Waals surface area contributed by atoms with Crippen LogP contribution in [0, 0.1) is 0 Å². The summed E-state index contributed by atoms with van der Waals surface area (Å²) in [6.07, 6.45) is 9.45. The second-order valence-electron chi connectivity index (χ2n) is 3.94. The van der Waals surface area contributed by atoms with Gasteiger partial charge in [0.25, 0.3) is 0 Å². The topological polar surface area (TPSA) is 29.9 Å². The predicted molar refractivity (Wildman–Crippen MR) is 63.9 cm³/mol. The fraction of sp³-hybridized carbons (Fsp3) is 0.750. The molecule has 86 valence electrons. The standard InChI is InChI=1S/C12H23N3/c1-4-7-11(14-6-3)12(5-2)15-9-8-13-10-15/h8-12,14H,4-7H2,1-3H3. The van der Waals surface area contributed by atoms with Gasteiger partial charge in [-0.2, -0.15) is 0 Å². The van der Waals surface area contributed by atoms with Gasteiger partial charge < -0.3 is 9.88 Å². The Morgan fingerprint density at radius 2 is 2.13 bits per heavy atom. The fourth-order valence-electron chi connectivity index (χ4n) is 2.17. The van der Waals surface area contributed by atoms with Gasteiger partial charge in [-0.3, -0.25) is 0 Å². The summed E-state index contributed by atoms with van der Waals surface area (Å²) in [7, 11) is 0. The largest absolute Gasteiger partial charge is 0.333 e. The van der Waals surface area contributed by atoms with Gasteiger partial charge in [0, 0.05) is 24.5 Å². The Labute approximate surface area is 92.9 Å². The van der Waals surface area contributed by atoms with Gasteiger partial charge in [-0.25, -0.2) is 4.98 Å². The number of nitrogens with zero attached hydrogens (tertiary/aromatic N) is 2. The van der Waals surface area contributed by atoms with Crippen LogP contribution in [0.25, 0.3) is 0 Å². The first kappa shape index (κ1) is 12.2. The highest BCUT2D eigenvalue weighted by atomic mass is 15.1. The molecule has 2 unspecified atom stereocenters. The SMILES string of the molecule is CCCC(NCC)C(CC)n1ccnc1. The summed E-state index contributed by atoms with van der Waals surface area (Å²) in [6, 6.07) is 1.10. The molecule has 15 heavy (non-hydrogen) atoms. The summed E-state index contributed by atoms with van der Waals surface area (Å²) in [6.45, 7) is 7.69. The Balaban J connectivity index is 2.69. The molecular weight excluding hydrogens is 186 g/mol. The molecule has 1 aromatic rings. The molecule has 1 aromatic heterocycles. The Morgan fingerprint density at radius 1 is 1.33 bits per heavy atom. The van der Waals surface area contributed by atoms with Gasteiger partial charge in [-0.05, 0) is 19.4 Å². The van der Waals surface area contributed by atoms with Crippen molar-refractivity contribution in [3.8, 4) is 0 Å². The number of hydrogen-bond donors (Lipinski definition) is 1. The first-order valence-corrected chi connectivity index (χ1v) is 6.04. The van der Waals surface area contributed by atoms with E-state index in [-0.39, 0.29) is 0 Å². The van der Waals surface area contributed by atoms with Gasteiger partial charge in [-0.1, -0.05) is 27.2 Å². The van der Waals surface area contributed by atoms with Crippen molar-refractivity contribution in [1.82, 2.24) is 14.9 Å². The van der Waals surface area contributed by atoms with Crippen LogP contribution in [-0.2, 0) is 0 Å². The zero-order chi connectivity index (χ0) is 11.1. The lowest BCUT2D eigenvalue weighted by molar-refractivity contribution is 0.325. The van der Waals surface area contributed by atoms with Gasteiger partial charge in [0.2, 0.25) is 0 Å². The van der Waals surface area contributed by atoms with E-state index in [2.05, 4.69) is 41.8 Å². The Kier molecular flexibility index (Phi) is 5.40. The Morgan fingerprint density at radius 3 is 2.60 bits per heavy atom. The number of hydrogen-bond acceptors (Lipinski definition) is 2. The van der Waals surface area contributed by atoms with Gasteiger partial charge >= 0.3 is 0 Å². The molecule has 0 aromatic carbocycles. The van der Waals surface area contributed by atoms with E-state index in [1.807, 2.05) is 12.5 Å². The fourth-order valence-corrected chi connectivity index (χ4v) is 2.17. The molecule has 0 fully saturated rings. The Hall–Kier alpha value is -0.830. The monoisotopic (exact) mass is 209 g/mol. The van der Waals surface area contributed by atoms with Crippen LogP contribution in [0.4, 0.5) is 0 Å². The second kappa shape index (κ2) is 6.62. The molecule has 0 aliphatic carbocycles. The van der Waals surface area contributed by atoms with Crippen LogP contribution < -0.4 is 5.32 Å². The summed E-state index contributed by atoms with van der Waals surface area (Å²) in [5, 5.41) is 3.57. The van der Waals surface area contributed by atoms with Crippen molar-refractivity contribution in [3.63, 3.8) is 0 Å². The van der Waals surface area contributed by atoms with Crippen LogP contribution in [0.5, 0.6) is 0 Å². The van der Waals surface area contributed by atoms with E-state index in [4.69, 9.17) is 0 Å². The number of aromatic nitrogens is 2. The van der Waals surface area contributed by atoms with Gasteiger partial charge in [0.1, 0.15) is 0 Å². The van der Waals surface area contributed by atoms with Crippen LogP contribution >= 0.6 is 0 Å². The lowest BCUT2D eigenvalue weighted by Gasteiger charge is -2.27. The third kappa shape index (κ3) is 3.34. The molecule has 3 heteroatoms. The van der Waals surface area contributed by atoms with E-state index >= 15 is 0 Å². The van der Waals surface area contributed by atoms with Crippen molar-refractivity contribution in [1.29, 1.82) is 0 Å². The van der Waals surface area contributed by atoms with Gasteiger partial charge in [0.05, 0.1) is 6.33 Å². The molecule has 0 spiro atoms. The second-order valence-corrected chi connectivity index (χ2v) is 3.94. The summed E-state index contributed by atoms with van der Waals surface area (Å²) < 4.78 is 2.23. The van der Waals surface area contributed by atoms with Crippen LogP contribution in [-0.4, -0.2) is 22.1 Å². The smallest absolute Gasteiger partial charge is 0.0949 e. The molecular formula is C12H23N3. The number of imidazole rings is 1. The minimum absolute atomic E-state index is 0.535. The molecule has 0 amide bonds. The maximum absolute atomic E-state index is 4.13. The number of nitrogens with one attached hydrogen (secondary N) is 1. The quantitative estimate of drug-likeness (QED) is 0.748. The van der Waals surface area contributed by atoms with Gasteiger partial charge in [0.15, 0.2) is 0 Å². The predicted octanol–water partition coefficient (Wildman–Crippen LogP) is 2.61. The molecule has 1 rings (SSSR count). The van der Waals surface area contributed by atoms with E-state index in [1.165, 1.54) is 12.8 Å². The summed E-state index contributed by atoms with van der Waals surface area (Å²) in [5.74, 6) is 0. The van der Waals surface area contributed by atoms with Crippen molar-refractivity contribution < 1.29 is 0 Å². The molecule has 0 radical (unpaired) electrons. The molecule has 0 saturated heterocycles. The van der Waals surface area contributed by atoms with Crippen LogP contribution in [0.2, 0.25) is 0 Å². The minimum atomic E-state index is 0.535. The third-order valence-corrected chi connectivity index (χ3v) is 2.86. The zero-order valence-electron chi connectivity index (χ0n) is 10.1. The van der Waals surface area contributed by atoms with Crippen molar-refractivity contribution in [2.45, 2.75) is 52.1 Å². The van der Waals surface area contributed by atoms with Crippen LogP contribution in [0.1, 0.15) is 46.1 Å². The summed E-state index contributed by atoms with van der Waals surface area (Å²) in [4.78, 5) is 4.13. The Bertz CT molecular complexity index is 237. The highest BCUT2D eigenvalue weighted by molar-refractivity contribution is 4.86. The van der Waals surface area contributed by atoms with E-state index in [9.17, 15) is 0 Å². The number of rotatable bonds is 7. The van der Waals surface area contributed by atoms with E-state index in [1.54, 1.807) is 0 Å². The zero-order valence-corrected chi connectivity index (χ0v) is 10.1. The first-order chi connectivity index (χ1) is 7.33. The van der Waals surface area contributed by atoms with Crippen LogP contribution in [0.3, 0.4) is 0 Å². The molecule has 0 aliphatic heterocycles. The van der Waals surface area contributed by atoms with Gasteiger partial charge in [-0.15, -0.1) is 0 Å². The van der Waals surface area contributed by atoms with Crippen molar-refractivity contribution in [2.75, 3.05) is 6.54 Å². The maximum Gasteiger partial charge on any atom is 0.0949 e. The molecule has 3 nitrogen and oxygen atoms in total. The average Bonchev–Trinajstić information content (AvgIpc) is 2.73. The summed E-state index contributed by atoms with van der Waals surface area (Å²) in [5.41, 5.74) is 0.